The van der Waals surface area contributed by atoms with Gasteiger partial charge in [-0.25, -0.2) is 13.2 Å². The van der Waals surface area contributed by atoms with E-state index in [0.717, 1.165) is 0 Å². The summed E-state index contributed by atoms with van der Waals surface area (Å²) >= 11 is 6.03. The largest absolute Gasteiger partial charge is 0.452 e. The lowest BCUT2D eigenvalue weighted by Gasteiger charge is -2.21. The summed E-state index contributed by atoms with van der Waals surface area (Å²) in [6, 6.07) is 3.84. The molecule has 0 spiro atoms. The van der Waals surface area contributed by atoms with Gasteiger partial charge in [-0.1, -0.05) is 25.4 Å². The molecule has 9 heteroatoms. The van der Waals surface area contributed by atoms with Crippen molar-refractivity contribution in [3.63, 3.8) is 0 Å². The van der Waals surface area contributed by atoms with Gasteiger partial charge in [-0.15, -0.1) is 0 Å². The fourth-order valence-electron chi connectivity index (χ4n) is 2.13. The Labute approximate surface area is 159 Å². The summed E-state index contributed by atoms with van der Waals surface area (Å²) < 4.78 is 31.5. The minimum atomic E-state index is -3.83. The molecule has 7 nitrogen and oxygen atoms in total. The van der Waals surface area contributed by atoms with Gasteiger partial charge in [0.05, 0.1) is 10.6 Å². The quantitative estimate of drug-likeness (QED) is 0.621. The molecule has 0 fully saturated rings. The number of carbonyl (C=O) groups is 2. The SMILES string of the molecule is CCN(CC)S(=O)(=O)c1cc(C(=O)OCC(=O)N(C)C(C)C)ccc1Cl. The van der Waals surface area contributed by atoms with Crippen molar-refractivity contribution in [3.8, 4) is 0 Å². The van der Waals surface area contributed by atoms with E-state index in [2.05, 4.69) is 0 Å². The van der Waals surface area contributed by atoms with Gasteiger partial charge >= 0.3 is 5.97 Å². The first kappa shape index (κ1) is 22.4. The lowest BCUT2D eigenvalue weighted by Crippen LogP contribution is -2.36. The highest BCUT2D eigenvalue weighted by Crippen LogP contribution is 2.26. The van der Waals surface area contributed by atoms with Gasteiger partial charge in [-0.3, -0.25) is 4.79 Å². The van der Waals surface area contributed by atoms with E-state index in [9.17, 15) is 18.0 Å². The normalized spacial score (nSPS) is 11.7. The zero-order valence-corrected chi connectivity index (χ0v) is 17.2. The highest BCUT2D eigenvalue weighted by Gasteiger charge is 2.26. The lowest BCUT2D eigenvalue weighted by molar-refractivity contribution is -0.134. The van der Waals surface area contributed by atoms with Gasteiger partial charge in [-0.2, -0.15) is 4.31 Å². The number of likely N-dealkylation sites (N-methyl/N-ethyl adjacent to an activating group) is 1. The molecule has 0 heterocycles. The van der Waals surface area contributed by atoms with Crippen LogP contribution in [0.15, 0.2) is 23.1 Å². The molecule has 0 aromatic heterocycles. The van der Waals surface area contributed by atoms with Crippen LogP contribution in [-0.4, -0.2) is 62.3 Å². The molecule has 0 bridgehead atoms. The Kier molecular flexibility index (Phi) is 8.05. The van der Waals surface area contributed by atoms with E-state index in [1.807, 2.05) is 13.8 Å². The van der Waals surface area contributed by atoms with Crippen molar-refractivity contribution >= 4 is 33.5 Å². The molecule has 0 radical (unpaired) electrons. The zero-order chi connectivity index (χ0) is 20.1. The van der Waals surface area contributed by atoms with Crippen LogP contribution in [0, 0.1) is 0 Å². The third-order valence-electron chi connectivity index (χ3n) is 3.98. The van der Waals surface area contributed by atoms with Crippen LogP contribution < -0.4 is 0 Å². The minimum Gasteiger partial charge on any atom is -0.452 e. The van der Waals surface area contributed by atoms with Crippen molar-refractivity contribution in [1.29, 1.82) is 0 Å². The maximum atomic E-state index is 12.6. The summed E-state index contributed by atoms with van der Waals surface area (Å²) in [5.41, 5.74) is 0.0140. The maximum Gasteiger partial charge on any atom is 0.338 e. The first-order valence-electron chi connectivity index (χ1n) is 8.28. The van der Waals surface area contributed by atoms with Crippen molar-refractivity contribution < 1.29 is 22.7 Å². The Morgan fingerprint density at radius 2 is 1.77 bits per heavy atom. The molecule has 1 aromatic rings. The maximum absolute atomic E-state index is 12.6. The second-order valence-electron chi connectivity index (χ2n) is 5.91. The van der Waals surface area contributed by atoms with Crippen molar-refractivity contribution in [2.24, 2.45) is 0 Å². The number of benzene rings is 1. The van der Waals surface area contributed by atoms with E-state index in [-0.39, 0.29) is 40.5 Å². The Morgan fingerprint density at radius 3 is 2.27 bits per heavy atom. The molecule has 0 aliphatic carbocycles. The zero-order valence-electron chi connectivity index (χ0n) is 15.7. The Balaban J connectivity index is 3.03. The number of amides is 1. The second-order valence-corrected chi connectivity index (χ2v) is 8.22. The fourth-order valence-corrected chi connectivity index (χ4v) is 4.09. The van der Waals surface area contributed by atoms with Crippen LogP contribution in [-0.2, 0) is 19.6 Å². The molecule has 0 atom stereocenters. The van der Waals surface area contributed by atoms with E-state index < -0.39 is 22.6 Å². The van der Waals surface area contributed by atoms with Crippen LogP contribution in [0.5, 0.6) is 0 Å². The molecule has 1 amide bonds. The van der Waals surface area contributed by atoms with Gasteiger partial charge in [-0.05, 0) is 32.0 Å². The Hall–Kier alpha value is -1.64. The first-order chi connectivity index (χ1) is 12.1. The number of hydrogen-bond acceptors (Lipinski definition) is 5. The average Bonchev–Trinajstić information content (AvgIpc) is 2.59. The second kappa shape index (κ2) is 9.34. The molecule has 0 aliphatic rings. The van der Waals surface area contributed by atoms with Crippen LogP contribution >= 0.6 is 11.6 Å². The number of esters is 1. The molecule has 0 N–H and O–H groups in total. The van der Waals surface area contributed by atoms with Crippen LogP contribution in [0.3, 0.4) is 0 Å². The molecule has 0 aliphatic heterocycles. The van der Waals surface area contributed by atoms with E-state index >= 15 is 0 Å². The number of sulfonamides is 1. The summed E-state index contributed by atoms with van der Waals surface area (Å²) in [4.78, 5) is 25.4. The van der Waals surface area contributed by atoms with Crippen LogP contribution in [0.2, 0.25) is 5.02 Å². The number of hydrogen-bond donors (Lipinski definition) is 0. The van der Waals surface area contributed by atoms with Gasteiger partial charge in [0.25, 0.3) is 5.91 Å². The van der Waals surface area contributed by atoms with Crippen LogP contribution in [0.25, 0.3) is 0 Å². The summed E-state index contributed by atoms with van der Waals surface area (Å²) in [6.45, 7) is 7.23. The number of ether oxygens (including phenoxy) is 1. The highest BCUT2D eigenvalue weighted by molar-refractivity contribution is 7.89. The fraction of sp³-hybridized carbons (Fsp3) is 0.529. The van der Waals surface area contributed by atoms with E-state index in [1.165, 1.54) is 27.4 Å². The first-order valence-corrected chi connectivity index (χ1v) is 10.1. The van der Waals surface area contributed by atoms with Crippen molar-refractivity contribution in [2.45, 2.75) is 38.6 Å². The number of halogens is 1. The summed E-state index contributed by atoms with van der Waals surface area (Å²) in [7, 11) is -2.22. The average molecular weight is 405 g/mol. The predicted molar refractivity (Wildman–Crippen MR) is 99.7 cm³/mol. The lowest BCUT2D eigenvalue weighted by atomic mass is 10.2. The van der Waals surface area contributed by atoms with Crippen LogP contribution in [0.4, 0.5) is 0 Å². The van der Waals surface area contributed by atoms with Crippen molar-refractivity contribution in [1.82, 2.24) is 9.21 Å². The molecule has 0 saturated carbocycles. The smallest absolute Gasteiger partial charge is 0.338 e. The molecule has 26 heavy (non-hydrogen) atoms. The minimum absolute atomic E-state index is 0.0140. The van der Waals surface area contributed by atoms with Gasteiger partial charge in [0.2, 0.25) is 10.0 Å². The molecular formula is C17H25ClN2O5S. The molecule has 0 saturated heterocycles. The monoisotopic (exact) mass is 404 g/mol. The summed E-state index contributed by atoms with van der Waals surface area (Å²) in [5.74, 6) is -1.14. The molecule has 146 valence electrons. The van der Waals surface area contributed by atoms with E-state index in [1.54, 1.807) is 20.9 Å². The topological polar surface area (TPSA) is 84.0 Å². The van der Waals surface area contributed by atoms with Gasteiger partial charge < -0.3 is 9.64 Å². The molecule has 1 rings (SSSR count). The predicted octanol–water partition coefficient (Wildman–Crippen LogP) is 2.39. The van der Waals surface area contributed by atoms with Crippen molar-refractivity contribution in [2.75, 3.05) is 26.7 Å². The Morgan fingerprint density at radius 1 is 1.19 bits per heavy atom. The van der Waals surface area contributed by atoms with Crippen LogP contribution in [0.1, 0.15) is 38.1 Å². The highest BCUT2D eigenvalue weighted by atomic mass is 35.5. The molecule has 0 unspecified atom stereocenters. The third kappa shape index (κ3) is 5.18. The molecule has 1 aromatic carbocycles. The van der Waals surface area contributed by atoms with Gasteiger partial charge in [0, 0.05) is 26.2 Å². The van der Waals surface area contributed by atoms with E-state index in [4.69, 9.17) is 16.3 Å². The van der Waals surface area contributed by atoms with Gasteiger partial charge in [0.1, 0.15) is 4.90 Å². The van der Waals surface area contributed by atoms with Crippen molar-refractivity contribution in [3.05, 3.63) is 28.8 Å². The number of nitrogens with zero attached hydrogens (tertiary/aromatic N) is 2. The third-order valence-corrected chi connectivity index (χ3v) is 6.52. The summed E-state index contributed by atoms with van der Waals surface area (Å²) in [5, 5.41) is 0.0177. The standard InChI is InChI=1S/C17H25ClN2O5S/c1-6-20(7-2)26(23,24)15-10-13(8-9-14(15)18)17(22)25-11-16(21)19(5)12(3)4/h8-10,12H,6-7,11H2,1-5H3. The number of rotatable bonds is 8. The molecular weight excluding hydrogens is 380 g/mol. The Bertz CT molecular complexity index is 760. The van der Waals surface area contributed by atoms with E-state index in [0.29, 0.717) is 0 Å². The van der Waals surface area contributed by atoms with Gasteiger partial charge in [0.15, 0.2) is 6.61 Å². The summed E-state index contributed by atoms with van der Waals surface area (Å²) in [6.07, 6.45) is 0. The number of carbonyl (C=O) groups excluding carboxylic acids is 2.